The number of piperidine rings is 1. The molecule has 0 N–H and O–H groups in total. The SMILES string of the molecule is CCOC(=O)c1cnn(C2CCN(C(=O)OC(C)(C)C)CC2)n1. The van der Waals surface area contributed by atoms with Gasteiger partial charge in [-0.25, -0.2) is 9.59 Å². The van der Waals surface area contributed by atoms with Gasteiger partial charge in [0.25, 0.3) is 0 Å². The van der Waals surface area contributed by atoms with Gasteiger partial charge >= 0.3 is 12.1 Å². The van der Waals surface area contributed by atoms with E-state index in [9.17, 15) is 9.59 Å². The zero-order chi connectivity index (χ0) is 17.0. The first kappa shape index (κ1) is 17.2. The standard InChI is InChI=1S/C15H24N4O4/c1-5-22-13(20)12-10-16-19(17-12)11-6-8-18(9-7-11)14(21)23-15(2,3)4/h10-11H,5-9H2,1-4H3. The fourth-order valence-electron chi connectivity index (χ4n) is 2.36. The van der Waals surface area contributed by atoms with Gasteiger partial charge in [0.2, 0.25) is 0 Å². The van der Waals surface area contributed by atoms with E-state index in [1.807, 2.05) is 20.8 Å². The van der Waals surface area contributed by atoms with E-state index in [1.165, 1.54) is 6.20 Å². The normalized spacial score (nSPS) is 16.3. The molecular weight excluding hydrogens is 300 g/mol. The van der Waals surface area contributed by atoms with Gasteiger partial charge in [0.05, 0.1) is 18.8 Å². The number of carbonyl (C=O) groups excluding carboxylic acids is 2. The largest absolute Gasteiger partial charge is 0.461 e. The highest BCUT2D eigenvalue weighted by Crippen LogP contribution is 2.22. The summed E-state index contributed by atoms with van der Waals surface area (Å²) in [5.41, 5.74) is -0.284. The number of esters is 1. The van der Waals surface area contributed by atoms with E-state index in [1.54, 1.807) is 16.6 Å². The van der Waals surface area contributed by atoms with Crippen molar-refractivity contribution in [3.63, 3.8) is 0 Å². The number of carbonyl (C=O) groups is 2. The molecule has 1 aromatic rings. The maximum atomic E-state index is 12.0. The maximum Gasteiger partial charge on any atom is 0.410 e. The van der Waals surface area contributed by atoms with E-state index in [0.29, 0.717) is 19.7 Å². The number of nitrogens with zero attached hydrogens (tertiary/aromatic N) is 4. The van der Waals surface area contributed by atoms with Crippen molar-refractivity contribution in [3.8, 4) is 0 Å². The van der Waals surface area contributed by atoms with Gasteiger partial charge in [-0.2, -0.15) is 9.90 Å². The van der Waals surface area contributed by atoms with E-state index in [-0.39, 0.29) is 17.8 Å². The quantitative estimate of drug-likeness (QED) is 0.791. The summed E-state index contributed by atoms with van der Waals surface area (Å²) in [5, 5.41) is 8.32. The Balaban J connectivity index is 1.89. The lowest BCUT2D eigenvalue weighted by atomic mass is 10.1. The van der Waals surface area contributed by atoms with Crippen molar-refractivity contribution in [3.05, 3.63) is 11.9 Å². The summed E-state index contributed by atoms with van der Waals surface area (Å²) >= 11 is 0. The maximum absolute atomic E-state index is 12.0. The molecule has 1 amide bonds. The van der Waals surface area contributed by atoms with Gasteiger partial charge in [0.15, 0.2) is 5.69 Å². The Hall–Kier alpha value is -2.12. The Morgan fingerprint density at radius 2 is 1.96 bits per heavy atom. The summed E-state index contributed by atoms with van der Waals surface area (Å²) in [4.78, 5) is 26.9. The first-order valence-corrected chi connectivity index (χ1v) is 7.87. The molecule has 23 heavy (non-hydrogen) atoms. The minimum absolute atomic E-state index is 0.0665. The second-order valence-corrected chi connectivity index (χ2v) is 6.47. The van der Waals surface area contributed by atoms with Crippen molar-refractivity contribution in [2.45, 2.75) is 52.2 Å². The summed E-state index contributed by atoms with van der Waals surface area (Å²) < 4.78 is 10.3. The first-order chi connectivity index (χ1) is 10.8. The van der Waals surface area contributed by atoms with Gasteiger partial charge in [-0.1, -0.05) is 0 Å². The molecule has 0 unspecified atom stereocenters. The molecule has 1 fully saturated rings. The van der Waals surface area contributed by atoms with Crippen LogP contribution >= 0.6 is 0 Å². The van der Waals surface area contributed by atoms with Crippen LogP contribution < -0.4 is 0 Å². The van der Waals surface area contributed by atoms with Crippen LogP contribution in [0.5, 0.6) is 0 Å². The lowest BCUT2D eigenvalue weighted by molar-refractivity contribution is 0.0180. The third-order valence-electron chi connectivity index (χ3n) is 3.44. The van der Waals surface area contributed by atoms with Gasteiger partial charge in [-0.05, 0) is 40.5 Å². The number of aromatic nitrogens is 3. The third kappa shape index (κ3) is 4.67. The predicted octanol–water partition coefficient (Wildman–Crippen LogP) is 2.03. The molecule has 0 aliphatic carbocycles. The highest BCUT2D eigenvalue weighted by Gasteiger charge is 2.28. The Bertz CT molecular complexity index is 556. The van der Waals surface area contributed by atoms with Crippen molar-refractivity contribution in [2.24, 2.45) is 0 Å². The van der Waals surface area contributed by atoms with Crippen LogP contribution in [-0.2, 0) is 9.47 Å². The molecule has 0 saturated carbocycles. The summed E-state index contributed by atoms with van der Waals surface area (Å²) in [6.45, 7) is 8.76. The van der Waals surface area contributed by atoms with Gasteiger partial charge in [-0.15, -0.1) is 5.10 Å². The number of rotatable bonds is 3. The van der Waals surface area contributed by atoms with Crippen molar-refractivity contribution in [1.82, 2.24) is 19.9 Å². The number of ether oxygens (including phenoxy) is 2. The minimum atomic E-state index is -0.494. The first-order valence-electron chi connectivity index (χ1n) is 7.87. The summed E-state index contributed by atoms with van der Waals surface area (Å²) in [6.07, 6.45) is 2.56. The van der Waals surface area contributed by atoms with Crippen LogP contribution in [0.25, 0.3) is 0 Å². The molecule has 1 aromatic heterocycles. The predicted molar refractivity (Wildman–Crippen MR) is 82.1 cm³/mol. The molecule has 1 saturated heterocycles. The van der Waals surface area contributed by atoms with Crippen molar-refractivity contribution >= 4 is 12.1 Å². The number of amides is 1. The van der Waals surface area contributed by atoms with E-state index in [0.717, 1.165) is 12.8 Å². The zero-order valence-corrected chi connectivity index (χ0v) is 14.1. The molecule has 128 valence electrons. The average molecular weight is 324 g/mol. The second kappa shape index (κ2) is 6.97. The van der Waals surface area contributed by atoms with Crippen LogP contribution in [0.15, 0.2) is 6.20 Å². The average Bonchev–Trinajstić information content (AvgIpc) is 2.96. The van der Waals surface area contributed by atoms with Crippen molar-refractivity contribution in [1.29, 1.82) is 0 Å². The topological polar surface area (TPSA) is 86.6 Å². The van der Waals surface area contributed by atoms with E-state index in [2.05, 4.69) is 10.2 Å². The lowest BCUT2D eigenvalue weighted by Gasteiger charge is -2.32. The Labute approximate surface area is 135 Å². The van der Waals surface area contributed by atoms with Crippen LogP contribution in [0.4, 0.5) is 4.79 Å². The molecule has 0 spiro atoms. The molecule has 0 atom stereocenters. The third-order valence-corrected chi connectivity index (χ3v) is 3.44. The van der Waals surface area contributed by atoms with Gasteiger partial charge in [0, 0.05) is 13.1 Å². The summed E-state index contributed by atoms with van der Waals surface area (Å²) in [6, 6.07) is 0.0665. The van der Waals surface area contributed by atoms with Crippen LogP contribution in [0.2, 0.25) is 0 Å². The monoisotopic (exact) mass is 324 g/mol. The van der Waals surface area contributed by atoms with Crippen LogP contribution in [0, 0.1) is 0 Å². The summed E-state index contributed by atoms with van der Waals surface area (Å²) in [5.74, 6) is -0.468. The molecule has 0 bridgehead atoms. The molecule has 1 aliphatic rings. The van der Waals surface area contributed by atoms with Crippen LogP contribution in [0.3, 0.4) is 0 Å². The number of hydrogen-bond donors (Lipinski definition) is 0. The smallest absolute Gasteiger partial charge is 0.410 e. The van der Waals surface area contributed by atoms with Crippen LogP contribution in [-0.4, -0.2) is 57.3 Å². The highest BCUT2D eigenvalue weighted by atomic mass is 16.6. The molecule has 2 heterocycles. The number of likely N-dealkylation sites (tertiary alicyclic amines) is 1. The van der Waals surface area contributed by atoms with Crippen LogP contribution in [0.1, 0.15) is 57.1 Å². The van der Waals surface area contributed by atoms with E-state index < -0.39 is 11.6 Å². The molecule has 0 aromatic carbocycles. The molecule has 2 rings (SSSR count). The molecule has 8 heteroatoms. The molecule has 1 aliphatic heterocycles. The second-order valence-electron chi connectivity index (χ2n) is 6.47. The fourth-order valence-corrected chi connectivity index (χ4v) is 2.36. The Morgan fingerprint density at radius 3 is 2.52 bits per heavy atom. The van der Waals surface area contributed by atoms with Gasteiger partial charge in [0.1, 0.15) is 5.60 Å². The highest BCUT2D eigenvalue weighted by molar-refractivity contribution is 5.86. The fraction of sp³-hybridized carbons (Fsp3) is 0.733. The summed E-state index contributed by atoms with van der Waals surface area (Å²) in [7, 11) is 0. The molecular formula is C15H24N4O4. The minimum Gasteiger partial charge on any atom is -0.461 e. The number of hydrogen-bond acceptors (Lipinski definition) is 6. The molecule has 0 radical (unpaired) electrons. The molecule has 8 nitrogen and oxygen atoms in total. The van der Waals surface area contributed by atoms with E-state index >= 15 is 0 Å². The van der Waals surface area contributed by atoms with E-state index in [4.69, 9.17) is 9.47 Å². The lowest BCUT2D eigenvalue weighted by Crippen LogP contribution is -2.42. The van der Waals surface area contributed by atoms with Crippen molar-refractivity contribution < 1.29 is 19.1 Å². The van der Waals surface area contributed by atoms with Gasteiger partial charge in [-0.3, -0.25) is 0 Å². The van der Waals surface area contributed by atoms with Gasteiger partial charge < -0.3 is 14.4 Å². The Kier molecular flexibility index (Phi) is 5.23. The Morgan fingerprint density at radius 1 is 1.30 bits per heavy atom. The zero-order valence-electron chi connectivity index (χ0n) is 14.1. The van der Waals surface area contributed by atoms with Crippen molar-refractivity contribution in [2.75, 3.05) is 19.7 Å².